The standard InChI is InChI=1S/C5H13O14P3/c6-1-2(7)3(8)4(9)5(20(10,11)12)18-22(16,17)19-21(13,14)15/h1-5,7-9H,(H,16,17)(H2,10,11,12)(H2,13,14,15)/t2-,3-,4-,5?/m0/s1. The van der Waals surface area contributed by atoms with E-state index in [-0.39, 0.29) is 6.29 Å². The summed E-state index contributed by atoms with van der Waals surface area (Å²) in [6, 6.07) is 0. The van der Waals surface area contributed by atoms with E-state index in [1.165, 1.54) is 0 Å². The van der Waals surface area contributed by atoms with Gasteiger partial charge in [0.15, 0.2) is 12.1 Å². The van der Waals surface area contributed by atoms with E-state index < -0.39 is 47.4 Å². The number of aldehydes is 1. The molecule has 132 valence electrons. The van der Waals surface area contributed by atoms with E-state index in [1.54, 1.807) is 0 Å². The first-order valence-electron chi connectivity index (χ1n) is 4.93. The summed E-state index contributed by atoms with van der Waals surface area (Å²) < 4.78 is 39.7. The number of phosphoric ester groups is 1. The van der Waals surface area contributed by atoms with Crippen molar-refractivity contribution >= 4 is 29.5 Å². The summed E-state index contributed by atoms with van der Waals surface area (Å²) in [4.78, 5) is 53.6. The van der Waals surface area contributed by atoms with Crippen molar-refractivity contribution in [1.82, 2.24) is 0 Å². The first-order valence-corrected chi connectivity index (χ1v) is 9.64. The number of carbonyl (C=O) groups is 1. The highest BCUT2D eigenvalue weighted by Gasteiger charge is 2.48. The van der Waals surface area contributed by atoms with Crippen molar-refractivity contribution in [2.24, 2.45) is 0 Å². The fourth-order valence-electron chi connectivity index (χ4n) is 1.06. The van der Waals surface area contributed by atoms with Gasteiger partial charge in [0.1, 0.15) is 18.3 Å². The normalized spacial score (nSPS) is 21.5. The minimum absolute atomic E-state index is 0.324. The second-order valence-electron chi connectivity index (χ2n) is 3.73. The zero-order valence-corrected chi connectivity index (χ0v) is 12.9. The first kappa shape index (κ1) is 22.0. The third-order valence-corrected chi connectivity index (χ3v) is 5.32. The Labute approximate surface area is 122 Å². The van der Waals surface area contributed by atoms with Gasteiger partial charge in [-0.15, -0.1) is 0 Å². The predicted molar refractivity (Wildman–Crippen MR) is 64.0 cm³/mol. The molecule has 0 heterocycles. The molecule has 0 aromatic carbocycles. The molecule has 8 N–H and O–H groups in total. The summed E-state index contributed by atoms with van der Waals surface area (Å²) in [6.07, 6.45) is -8.00. The SMILES string of the molecule is O=C[C@H](O)[C@H](O)[C@H](O)C(OP(=O)(O)OP(=O)(O)O)P(=O)(O)O. The molecule has 14 nitrogen and oxygen atoms in total. The number of aliphatic hydroxyl groups is 3. The summed E-state index contributed by atoms with van der Waals surface area (Å²) in [5.74, 6) is -3.04. The fourth-order valence-corrected chi connectivity index (χ4v) is 4.11. The van der Waals surface area contributed by atoms with Crippen LogP contribution in [0.4, 0.5) is 0 Å². The Bertz CT molecular complexity index is 519. The van der Waals surface area contributed by atoms with E-state index in [4.69, 9.17) is 29.6 Å². The summed E-state index contributed by atoms with van der Waals surface area (Å²) in [5.41, 5.74) is 0. The molecule has 0 aliphatic carbocycles. The summed E-state index contributed by atoms with van der Waals surface area (Å²) in [7, 11) is -17.0. The molecule has 0 bridgehead atoms. The first-order chi connectivity index (χ1) is 9.60. The van der Waals surface area contributed by atoms with Crippen LogP contribution in [0.25, 0.3) is 0 Å². The van der Waals surface area contributed by atoms with Gasteiger partial charge >= 0.3 is 23.2 Å². The molecule has 0 aromatic rings. The number of hydrogen-bond donors (Lipinski definition) is 8. The largest absolute Gasteiger partial charge is 0.482 e. The van der Waals surface area contributed by atoms with Crippen LogP contribution in [0.15, 0.2) is 0 Å². The summed E-state index contributed by atoms with van der Waals surface area (Å²) >= 11 is 0. The van der Waals surface area contributed by atoms with Crippen LogP contribution in [-0.4, -0.2) is 70.2 Å². The topological polar surface area (TPSA) is 249 Å². The quantitative estimate of drug-likeness (QED) is 0.144. The zero-order valence-electron chi connectivity index (χ0n) is 10.3. The monoisotopic (exact) mass is 390 g/mol. The van der Waals surface area contributed by atoms with Crippen LogP contribution in [0.3, 0.4) is 0 Å². The lowest BCUT2D eigenvalue weighted by atomic mass is 10.1. The predicted octanol–water partition coefficient (Wildman–Crippen LogP) is -3.00. The molecule has 22 heavy (non-hydrogen) atoms. The number of aliphatic hydroxyl groups excluding tert-OH is 3. The Kier molecular flexibility index (Phi) is 7.67. The van der Waals surface area contributed by atoms with Crippen molar-refractivity contribution in [3.05, 3.63) is 0 Å². The molecule has 0 aliphatic rings. The van der Waals surface area contributed by atoms with Crippen molar-refractivity contribution < 1.29 is 67.1 Å². The molecule has 0 aliphatic heterocycles. The Hall–Kier alpha value is -0.0400. The molecule has 17 heteroatoms. The molecular formula is C5H13O14P3. The van der Waals surface area contributed by atoms with Crippen molar-refractivity contribution in [2.45, 2.75) is 24.2 Å². The van der Waals surface area contributed by atoms with Gasteiger partial charge in [-0.3, -0.25) is 9.09 Å². The van der Waals surface area contributed by atoms with Gasteiger partial charge in [0, 0.05) is 0 Å². The maximum absolute atomic E-state index is 11.2. The van der Waals surface area contributed by atoms with Crippen molar-refractivity contribution in [2.75, 3.05) is 0 Å². The molecule has 2 unspecified atom stereocenters. The lowest BCUT2D eigenvalue weighted by molar-refractivity contribution is -0.129. The van der Waals surface area contributed by atoms with Gasteiger partial charge in [-0.1, -0.05) is 0 Å². The van der Waals surface area contributed by atoms with E-state index >= 15 is 0 Å². The van der Waals surface area contributed by atoms with Crippen LogP contribution in [-0.2, 0) is 27.3 Å². The van der Waals surface area contributed by atoms with E-state index in [0.29, 0.717) is 0 Å². The maximum Gasteiger partial charge on any atom is 0.482 e. The van der Waals surface area contributed by atoms with Gasteiger partial charge in [-0.2, -0.15) is 4.31 Å². The fraction of sp³-hybridized carbons (Fsp3) is 0.800. The second-order valence-corrected chi connectivity index (χ2v) is 8.20. The van der Waals surface area contributed by atoms with Gasteiger partial charge < -0.3 is 44.6 Å². The molecule has 0 saturated carbocycles. The highest BCUT2D eigenvalue weighted by Crippen LogP contribution is 2.61. The van der Waals surface area contributed by atoms with Crippen molar-refractivity contribution in [3.63, 3.8) is 0 Å². The van der Waals surface area contributed by atoms with E-state index in [1.807, 2.05) is 0 Å². The Morgan fingerprint density at radius 1 is 0.864 bits per heavy atom. The van der Waals surface area contributed by atoms with Crippen LogP contribution >= 0.6 is 23.2 Å². The highest BCUT2D eigenvalue weighted by atomic mass is 31.3. The lowest BCUT2D eigenvalue weighted by Crippen LogP contribution is -2.45. The van der Waals surface area contributed by atoms with Crippen LogP contribution in [0.2, 0.25) is 0 Å². The van der Waals surface area contributed by atoms with Crippen molar-refractivity contribution in [3.8, 4) is 0 Å². The van der Waals surface area contributed by atoms with Crippen LogP contribution in [0.5, 0.6) is 0 Å². The van der Waals surface area contributed by atoms with Gasteiger partial charge in [0.25, 0.3) is 0 Å². The smallest absolute Gasteiger partial charge is 0.387 e. The molecule has 0 fully saturated rings. The lowest BCUT2D eigenvalue weighted by Gasteiger charge is -2.28. The molecule has 0 saturated heterocycles. The number of carbonyl (C=O) groups excluding carboxylic acids is 1. The van der Waals surface area contributed by atoms with E-state index in [0.717, 1.165) is 0 Å². The van der Waals surface area contributed by atoms with Crippen LogP contribution in [0, 0.1) is 0 Å². The Morgan fingerprint density at radius 2 is 1.32 bits per heavy atom. The third kappa shape index (κ3) is 7.49. The number of hydrogen-bond acceptors (Lipinski definition) is 9. The van der Waals surface area contributed by atoms with Gasteiger partial charge in [0.05, 0.1) is 0 Å². The minimum atomic E-state index is -5.80. The molecule has 0 amide bonds. The Morgan fingerprint density at radius 3 is 1.64 bits per heavy atom. The molecule has 0 spiro atoms. The number of phosphoric acid groups is 2. The molecule has 0 rings (SSSR count). The molecular weight excluding hydrogens is 377 g/mol. The average molecular weight is 390 g/mol. The maximum atomic E-state index is 11.2. The molecule has 5 atom stereocenters. The van der Waals surface area contributed by atoms with Gasteiger partial charge in [-0.25, -0.2) is 9.13 Å². The third-order valence-electron chi connectivity index (χ3n) is 1.91. The average Bonchev–Trinajstić information content (AvgIpc) is 2.29. The summed E-state index contributed by atoms with van der Waals surface area (Å²) in [6.45, 7) is 0. The minimum Gasteiger partial charge on any atom is -0.387 e. The molecule has 0 radical (unpaired) electrons. The van der Waals surface area contributed by atoms with E-state index in [9.17, 15) is 28.7 Å². The highest BCUT2D eigenvalue weighted by molar-refractivity contribution is 7.61. The number of rotatable bonds is 9. The summed E-state index contributed by atoms with van der Waals surface area (Å²) in [5, 5.41) is 27.6. The zero-order chi connectivity index (χ0) is 17.9. The van der Waals surface area contributed by atoms with Crippen molar-refractivity contribution in [1.29, 1.82) is 0 Å². The molecule has 0 aromatic heterocycles. The van der Waals surface area contributed by atoms with Gasteiger partial charge in [-0.05, 0) is 0 Å². The van der Waals surface area contributed by atoms with Gasteiger partial charge in [0.2, 0.25) is 0 Å². The Balaban J connectivity index is 5.42. The van der Waals surface area contributed by atoms with Crippen LogP contribution < -0.4 is 0 Å². The second kappa shape index (κ2) is 7.69. The van der Waals surface area contributed by atoms with Crippen LogP contribution in [0.1, 0.15) is 0 Å². The van der Waals surface area contributed by atoms with E-state index in [2.05, 4.69) is 8.83 Å².